The molecule has 3 N–H and O–H groups in total. The topological polar surface area (TPSA) is 63.3 Å². The van der Waals surface area contributed by atoms with Crippen LogP contribution in [0.4, 0.5) is 4.39 Å². The standard InChI is InChI=1S/C10H12FNO2/c1-6-2-7(5-13)8(3-9(6)11)10(14)4-12/h2-3,5,10,14H,4,12H2,1H3. The van der Waals surface area contributed by atoms with Crippen molar-refractivity contribution < 1.29 is 14.3 Å². The van der Waals surface area contributed by atoms with E-state index < -0.39 is 11.9 Å². The van der Waals surface area contributed by atoms with Gasteiger partial charge in [0.2, 0.25) is 0 Å². The Hall–Kier alpha value is -1.26. The van der Waals surface area contributed by atoms with Crippen LogP contribution < -0.4 is 5.73 Å². The Morgan fingerprint density at radius 3 is 2.79 bits per heavy atom. The van der Waals surface area contributed by atoms with Gasteiger partial charge in [0.1, 0.15) is 12.1 Å². The first kappa shape index (κ1) is 10.8. The van der Waals surface area contributed by atoms with Crippen LogP contribution in [0.3, 0.4) is 0 Å². The molecule has 0 aromatic heterocycles. The lowest BCUT2D eigenvalue weighted by atomic mass is 10.0. The summed E-state index contributed by atoms with van der Waals surface area (Å²) < 4.78 is 13.1. The fourth-order valence-electron chi connectivity index (χ4n) is 1.24. The Bertz CT molecular complexity index is 352. The molecule has 1 unspecified atom stereocenters. The number of halogens is 1. The van der Waals surface area contributed by atoms with Crippen LogP contribution in [-0.2, 0) is 0 Å². The highest BCUT2D eigenvalue weighted by molar-refractivity contribution is 5.78. The Morgan fingerprint density at radius 1 is 1.64 bits per heavy atom. The van der Waals surface area contributed by atoms with Crippen molar-refractivity contribution in [1.82, 2.24) is 0 Å². The van der Waals surface area contributed by atoms with E-state index in [-0.39, 0.29) is 17.7 Å². The molecule has 0 radical (unpaired) electrons. The first-order valence-electron chi connectivity index (χ1n) is 4.23. The van der Waals surface area contributed by atoms with E-state index in [1.807, 2.05) is 0 Å². The maximum Gasteiger partial charge on any atom is 0.150 e. The van der Waals surface area contributed by atoms with Gasteiger partial charge in [-0.3, -0.25) is 4.79 Å². The second-order valence-corrected chi connectivity index (χ2v) is 3.10. The van der Waals surface area contributed by atoms with Crippen molar-refractivity contribution in [3.8, 4) is 0 Å². The monoisotopic (exact) mass is 197 g/mol. The van der Waals surface area contributed by atoms with Gasteiger partial charge in [-0.25, -0.2) is 4.39 Å². The number of aliphatic hydroxyl groups excluding tert-OH is 1. The zero-order valence-corrected chi connectivity index (χ0v) is 7.83. The molecule has 0 saturated heterocycles. The average Bonchev–Trinajstić information content (AvgIpc) is 2.20. The maximum absolute atomic E-state index is 13.1. The number of carbonyl (C=O) groups excluding carboxylic acids is 1. The van der Waals surface area contributed by atoms with Crippen LogP contribution in [0.5, 0.6) is 0 Å². The molecular weight excluding hydrogens is 185 g/mol. The van der Waals surface area contributed by atoms with Gasteiger partial charge in [-0.1, -0.05) is 0 Å². The maximum atomic E-state index is 13.1. The number of hydrogen-bond acceptors (Lipinski definition) is 3. The summed E-state index contributed by atoms with van der Waals surface area (Å²) >= 11 is 0. The molecule has 0 saturated carbocycles. The van der Waals surface area contributed by atoms with E-state index in [1.165, 1.54) is 6.07 Å². The van der Waals surface area contributed by atoms with Crippen LogP contribution in [0.15, 0.2) is 12.1 Å². The highest BCUT2D eigenvalue weighted by Crippen LogP contribution is 2.20. The predicted octanol–water partition coefficient (Wildman–Crippen LogP) is 0.939. The smallest absolute Gasteiger partial charge is 0.150 e. The zero-order valence-electron chi connectivity index (χ0n) is 7.83. The molecule has 0 bridgehead atoms. The molecule has 0 heterocycles. The molecular formula is C10H12FNO2. The first-order valence-corrected chi connectivity index (χ1v) is 4.23. The Morgan fingerprint density at radius 2 is 2.29 bits per heavy atom. The number of benzene rings is 1. The molecule has 0 fully saturated rings. The number of aryl methyl sites for hydroxylation is 1. The number of aliphatic hydroxyl groups is 1. The summed E-state index contributed by atoms with van der Waals surface area (Å²) in [7, 11) is 0. The average molecular weight is 197 g/mol. The Balaban J connectivity index is 3.26. The second kappa shape index (κ2) is 4.30. The first-order chi connectivity index (χ1) is 6.60. The largest absolute Gasteiger partial charge is 0.387 e. The van der Waals surface area contributed by atoms with Crippen molar-refractivity contribution in [2.75, 3.05) is 6.54 Å². The highest BCUT2D eigenvalue weighted by atomic mass is 19.1. The van der Waals surface area contributed by atoms with Crippen molar-refractivity contribution in [2.24, 2.45) is 5.73 Å². The van der Waals surface area contributed by atoms with E-state index in [0.717, 1.165) is 6.07 Å². The molecule has 1 atom stereocenters. The quantitative estimate of drug-likeness (QED) is 0.709. The molecule has 76 valence electrons. The van der Waals surface area contributed by atoms with Crippen molar-refractivity contribution in [3.05, 3.63) is 34.6 Å². The molecule has 1 aromatic carbocycles. The molecule has 1 aromatic rings. The third-order valence-electron chi connectivity index (χ3n) is 2.07. The van der Waals surface area contributed by atoms with Crippen molar-refractivity contribution in [2.45, 2.75) is 13.0 Å². The summed E-state index contributed by atoms with van der Waals surface area (Å²) in [5, 5.41) is 9.41. The third-order valence-corrected chi connectivity index (χ3v) is 2.07. The normalized spacial score (nSPS) is 12.6. The summed E-state index contributed by atoms with van der Waals surface area (Å²) in [5.74, 6) is -0.446. The van der Waals surface area contributed by atoms with Gasteiger partial charge < -0.3 is 10.8 Å². The SMILES string of the molecule is Cc1cc(C=O)c(C(O)CN)cc1F. The number of hydrogen-bond donors (Lipinski definition) is 2. The molecule has 0 spiro atoms. The van der Waals surface area contributed by atoms with Crippen LogP contribution >= 0.6 is 0 Å². The summed E-state index contributed by atoms with van der Waals surface area (Å²) in [6.45, 7) is 1.52. The van der Waals surface area contributed by atoms with E-state index in [9.17, 15) is 14.3 Å². The molecule has 14 heavy (non-hydrogen) atoms. The van der Waals surface area contributed by atoms with E-state index in [4.69, 9.17) is 5.73 Å². The molecule has 0 amide bonds. The van der Waals surface area contributed by atoms with Crippen molar-refractivity contribution in [3.63, 3.8) is 0 Å². The molecule has 4 heteroatoms. The molecule has 1 rings (SSSR count). The lowest BCUT2D eigenvalue weighted by Gasteiger charge is -2.11. The third kappa shape index (κ3) is 1.97. The fraction of sp³-hybridized carbons (Fsp3) is 0.300. The van der Waals surface area contributed by atoms with Gasteiger partial charge in [0.25, 0.3) is 0 Å². The minimum atomic E-state index is -0.995. The van der Waals surface area contributed by atoms with Gasteiger partial charge >= 0.3 is 0 Å². The summed E-state index contributed by atoms with van der Waals surface area (Å²) in [6, 6.07) is 2.55. The summed E-state index contributed by atoms with van der Waals surface area (Å²) in [4.78, 5) is 10.6. The van der Waals surface area contributed by atoms with Crippen LogP contribution in [0.2, 0.25) is 0 Å². The van der Waals surface area contributed by atoms with Crippen LogP contribution in [-0.4, -0.2) is 17.9 Å². The second-order valence-electron chi connectivity index (χ2n) is 3.10. The van der Waals surface area contributed by atoms with Crippen LogP contribution in [0, 0.1) is 12.7 Å². The van der Waals surface area contributed by atoms with Gasteiger partial charge in [0.15, 0.2) is 0 Å². The highest BCUT2D eigenvalue weighted by Gasteiger charge is 2.13. The van der Waals surface area contributed by atoms with Gasteiger partial charge in [0, 0.05) is 12.1 Å². The molecule has 3 nitrogen and oxygen atoms in total. The molecule has 0 aliphatic rings. The number of rotatable bonds is 3. The number of carbonyl (C=O) groups is 1. The summed E-state index contributed by atoms with van der Waals surface area (Å²) in [5.41, 5.74) is 6.12. The Labute approximate surface area is 81.4 Å². The van der Waals surface area contributed by atoms with E-state index in [2.05, 4.69) is 0 Å². The van der Waals surface area contributed by atoms with Gasteiger partial charge in [-0.05, 0) is 30.2 Å². The van der Waals surface area contributed by atoms with Crippen LogP contribution in [0.25, 0.3) is 0 Å². The summed E-state index contributed by atoms with van der Waals surface area (Å²) in [6.07, 6.45) is -0.411. The van der Waals surface area contributed by atoms with Crippen molar-refractivity contribution >= 4 is 6.29 Å². The lowest BCUT2D eigenvalue weighted by Crippen LogP contribution is -2.14. The van der Waals surface area contributed by atoms with E-state index in [1.54, 1.807) is 6.92 Å². The minimum absolute atomic E-state index is 0.0384. The van der Waals surface area contributed by atoms with Gasteiger partial charge in [-0.15, -0.1) is 0 Å². The van der Waals surface area contributed by atoms with Crippen LogP contribution in [0.1, 0.15) is 27.6 Å². The zero-order chi connectivity index (χ0) is 10.7. The van der Waals surface area contributed by atoms with E-state index in [0.29, 0.717) is 11.8 Å². The van der Waals surface area contributed by atoms with Gasteiger partial charge in [0.05, 0.1) is 6.10 Å². The molecule has 0 aliphatic heterocycles. The molecule has 0 aliphatic carbocycles. The van der Waals surface area contributed by atoms with E-state index >= 15 is 0 Å². The van der Waals surface area contributed by atoms with Gasteiger partial charge in [-0.2, -0.15) is 0 Å². The predicted molar refractivity (Wildman–Crippen MR) is 50.5 cm³/mol. The minimum Gasteiger partial charge on any atom is -0.387 e. The fourth-order valence-corrected chi connectivity index (χ4v) is 1.24. The number of aldehydes is 1. The van der Waals surface area contributed by atoms with Crippen molar-refractivity contribution in [1.29, 1.82) is 0 Å². The number of nitrogens with two attached hydrogens (primary N) is 1. The Kier molecular flexibility index (Phi) is 3.33. The lowest BCUT2D eigenvalue weighted by molar-refractivity contribution is 0.111.